The first-order valence-corrected chi connectivity index (χ1v) is 4.07. The number of ether oxygens (including phenoxy) is 1. The molecule has 2 nitrogen and oxygen atoms in total. The van der Waals surface area contributed by atoms with Crippen LogP contribution in [0.1, 0.15) is 5.56 Å². The van der Waals surface area contributed by atoms with Gasteiger partial charge >= 0.3 is 0 Å². The van der Waals surface area contributed by atoms with Gasteiger partial charge in [-0.25, -0.2) is 0 Å². The van der Waals surface area contributed by atoms with Crippen LogP contribution in [0.5, 0.6) is 5.75 Å². The second-order valence-electron chi connectivity index (χ2n) is 2.72. The molecule has 0 saturated carbocycles. The third kappa shape index (κ3) is 1.18. The van der Waals surface area contributed by atoms with Gasteiger partial charge in [-0.1, -0.05) is 17.7 Å². The molecule has 0 unspecified atom stereocenters. The zero-order valence-electron chi connectivity index (χ0n) is 6.34. The van der Waals surface area contributed by atoms with Crippen molar-refractivity contribution in [3.8, 4) is 5.75 Å². The smallest absolute Gasteiger partial charge is 0.174 e. The summed E-state index contributed by atoms with van der Waals surface area (Å²) in [6.07, 6.45) is 0.398. The molecule has 1 heterocycles. The van der Waals surface area contributed by atoms with E-state index >= 15 is 0 Å². The topological polar surface area (TPSA) is 26.3 Å². The molecule has 3 heteroatoms. The number of ketones is 1. The van der Waals surface area contributed by atoms with Crippen molar-refractivity contribution < 1.29 is 9.53 Å². The van der Waals surface area contributed by atoms with Gasteiger partial charge < -0.3 is 4.74 Å². The molecular formula is C9H7ClO2. The number of hydrogen-bond acceptors (Lipinski definition) is 2. The van der Waals surface area contributed by atoms with Crippen LogP contribution < -0.4 is 4.74 Å². The van der Waals surface area contributed by atoms with Crippen molar-refractivity contribution in [3.63, 3.8) is 0 Å². The van der Waals surface area contributed by atoms with Crippen molar-refractivity contribution in [2.75, 3.05) is 6.61 Å². The fourth-order valence-corrected chi connectivity index (χ4v) is 1.48. The molecule has 2 rings (SSSR count). The summed E-state index contributed by atoms with van der Waals surface area (Å²) in [5.41, 5.74) is 0.815. The molecule has 1 aliphatic heterocycles. The number of rotatable bonds is 0. The predicted octanol–water partition coefficient (Wildman–Crippen LogP) is 1.84. The summed E-state index contributed by atoms with van der Waals surface area (Å²) in [5.74, 6) is 0.817. The van der Waals surface area contributed by atoms with Crippen LogP contribution in [0.4, 0.5) is 0 Å². The first kappa shape index (κ1) is 7.62. The van der Waals surface area contributed by atoms with Gasteiger partial charge in [-0.2, -0.15) is 0 Å². The van der Waals surface area contributed by atoms with E-state index in [1.165, 1.54) is 0 Å². The third-order valence-corrected chi connectivity index (χ3v) is 2.19. The Kier molecular flexibility index (Phi) is 1.77. The van der Waals surface area contributed by atoms with Gasteiger partial charge in [0.15, 0.2) is 5.78 Å². The lowest BCUT2D eigenvalue weighted by atomic mass is 10.1. The summed E-state index contributed by atoms with van der Waals surface area (Å²) >= 11 is 5.88. The quantitative estimate of drug-likeness (QED) is 0.612. The van der Waals surface area contributed by atoms with Gasteiger partial charge in [0.1, 0.15) is 12.4 Å². The van der Waals surface area contributed by atoms with E-state index in [1.54, 1.807) is 6.07 Å². The molecule has 0 radical (unpaired) electrons. The Balaban J connectivity index is 2.50. The number of fused-ring (bicyclic) bond motifs is 1. The number of carbonyl (C=O) groups is 1. The van der Waals surface area contributed by atoms with Crippen LogP contribution in [0.15, 0.2) is 18.2 Å². The van der Waals surface area contributed by atoms with E-state index in [-0.39, 0.29) is 12.4 Å². The van der Waals surface area contributed by atoms with Gasteiger partial charge in [0, 0.05) is 17.0 Å². The highest BCUT2D eigenvalue weighted by Crippen LogP contribution is 2.29. The zero-order chi connectivity index (χ0) is 8.55. The molecule has 0 saturated heterocycles. The average molecular weight is 183 g/mol. The highest BCUT2D eigenvalue weighted by atomic mass is 35.5. The standard InChI is InChI=1S/C9H7ClO2/c10-8-2-1-3-9-7(8)4-6(11)5-12-9/h1-3H,4-5H2. The van der Waals surface area contributed by atoms with Crippen LogP contribution in [0.3, 0.4) is 0 Å². The van der Waals surface area contributed by atoms with E-state index in [0.29, 0.717) is 11.4 Å². The molecule has 62 valence electrons. The lowest BCUT2D eigenvalue weighted by Gasteiger charge is -2.16. The maximum atomic E-state index is 11.0. The molecule has 0 fully saturated rings. The molecule has 0 amide bonds. The minimum Gasteiger partial charge on any atom is -0.485 e. The Labute approximate surface area is 75.1 Å². The average Bonchev–Trinajstić information content (AvgIpc) is 2.07. The number of hydrogen-bond donors (Lipinski definition) is 0. The van der Waals surface area contributed by atoms with Crippen molar-refractivity contribution >= 4 is 17.4 Å². The normalized spacial score (nSPS) is 15.2. The Morgan fingerprint density at radius 3 is 3.08 bits per heavy atom. The molecule has 1 aromatic carbocycles. The fourth-order valence-electron chi connectivity index (χ4n) is 1.25. The Morgan fingerprint density at radius 1 is 1.42 bits per heavy atom. The molecule has 1 aromatic rings. The maximum Gasteiger partial charge on any atom is 0.174 e. The Bertz CT molecular complexity index is 333. The van der Waals surface area contributed by atoms with Crippen molar-refractivity contribution in [3.05, 3.63) is 28.8 Å². The molecule has 0 aliphatic carbocycles. The minimum absolute atomic E-state index is 0.0793. The van der Waals surface area contributed by atoms with E-state index in [1.807, 2.05) is 12.1 Å². The van der Waals surface area contributed by atoms with Crippen molar-refractivity contribution in [2.24, 2.45) is 0 Å². The zero-order valence-corrected chi connectivity index (χ0v) is 7.10. The third-order valence-electron chi connectivity index (χ3n) is 1.84. The summed E-state index contributed by atoms with van der Waals surface area (Å²) in [6.45, 7) is 0.174. The molecule has 0 atom stereocenters. The Morgan fingerprint density at radius 2 is 2.25 bits per heavy atom. The van der Waals surface area contributed by atoms with E-state index in [4.69, 9.17) is 16.3 Å². The highest BCUT2D eigenvalue weighted by Gasteiger charge is 2.18. The monoisotopic (exact) mass is 182 g/mol. The summed E-state index contributed by atoms with van der Waals surface area (Å²) in [5, 5.41) is 0.612. The number of carbonyl (C=O) groups excluding carboxylic acids is 1. The molecule has 0 N–H and O–H groups in total. The minimum atomic E-state index is 0.0793. The van der Waals surface area contributed by atoms with Crippen molar-refractivity contribution in [2.45, 2.75) is 6.42 Å². The number of Topliss-reactive ketones (excluding diaryl/α,β-unsaturated/α-hetero) is 1. The molecule has 1 aliphatic rings. The molecule has 12 heavy (non-hydrogen) atoms. The van der Waals surface area contributed by atoms with Gasteiger partial charge in [0.05, 0.1) is 0 Å². The van der Waals surface area contributed by atoms with E-state index in [2.05, 4.69) is 0 Å². The molecule has 0 aromatic heterocycles. The summed E-state index contributed by atoms with van der Waals surface area (Å²) < 4.78 is 5.18. The lowest BCUT2D eigenvalue weighted by molar-refractivity contribution is -0.121. The summed E-state index contributed by atoms with van der Waals surface area (Å²) in [6, 6.07) is 5.41. The first-order chi connectivity index (χ1) is 5.77. The van der Waals surface area contributed by atoms with Crippen LogP contribution in [-0.2, 0) is 11.2 Å². The van der Waals surface area contributed by atoms with Gasteiger partial charge in [0.25, 0.3) is 0 Å². The molecule has 0 spiro atoms. The molecule has 0 bridgehead atoms. The van der Waals surface area contributed by atoms with Crippen LogP contribution in [-0.4, -0.2) is 12.4 Å². The van der Waals surface area contributed by atoms with Crippen molar-refractivity contribution in [1.82, 2.24) is 0 Å². The van der Waals surface area contributed by atoms with Crippen LogP contribution >= 0.6 is 11.6 Å². The van der Waals surface area contributed by atoms with Gasteiger partial charge in [-0.3, -0.25) is 4.79 Å². The largest absolute Gasteiger partial charge is 0.485 e. The Hall–Kier alpha value is -1.02. The second-order valence-corrected chi connectivity index (χ2v) is 3.13. The number of benzene rings is 1. The van der Waals surface area contributed by atoms with E-state index in [9.17, 15) is 4.79 Å². The van der Waals surface area contributed by atoms with Crippen molar-refractivity contribution in [1.29, 1.82) is 0 Å². The van der Waals surface area contributed by atoms with Gasteiger partial charge in [0.2, 0.25) is 0 Å². The van der Waals surface area contributed by atoms with Gasteiger partial charge in [-0.05, 0) is 12.1 Å². The van der Waals surface area contributed by atoms with Gasteiger partial charge in [-0.15, -0.1) is 0 Å². The van der Waals surface area contributed by atoms with Crippen LogP contribution in [0.2, 0.25) is 5.02 Å². The lowest BCUT2D eigenvalue weighted by Crippen LogP contribution is -2.20. The van der Waals surface area contributed by atoms with Crippen LogP contribution in [0.25, 0.3) is 0 Å². The van der Waals surface area contributed by atoms with E-state index < -0.39 is 0 Å². The molecular weight excluding hydrogens is 176 g/mol. The number of halogens is 1. The highest BCUT2D eigenvalue weighted by molar-refractivity contribution is 6.31. The maximum absolute atomic E-state index is 11.0. The first-order valence-electron chi connectivity index (χ1n) is 3.69. The summed E-state index contributed by atoms with van der Waals surface area (Å²) in [4.78, 5) is 11.0. The SMILES string of the molecule is O=C1COc2cccc(Cl)c2C1. The second kappa shape index (κ2) is 2.79. The fraction of sp³-hybridized carbons (Fsp3) is 0.222. The predicted molar refractivity (Wildman–Crippen MR) is 45.7 cm³/mol. The van der Waals surface area contributed by atoms with E-state index in [0.717, 1.165) is 11.3 Å². The summed E-state index contributed by atoms with van der Waals surface area (Å²) in [7, 11) is 0. The van der Waals surface area contributed by atoms with Crippen LogP contribution in [0, 0.1) is 0 Å².